The molecule has 0 heterocycles. The lowest BCUT2D eigenvalue weighted by Gasteiger charge is -2.14. The quantitative estimate of drug-likeness (QED) is 0.666. The standard InChI is InChI=1S/C14H8ClF5O/c15-12-7-8(21-13(16)17)5-6-10(12)9-3-1-2-4-11(9)14(18,19)20/h1-7,13H. The van der Waals surface area contributed by atoms with Crippen molar-refractivity contribution in [2.75, 3.05) is 0 Å². The zero-order valence-electron chi connectivity index (χ0n) is 10.3. The Kier molecular flexibility index (Phi) is 4.37. The summed E-state index contributed by atoms with van der Waals surface area (Å²) in [6.07, 6.45) is -4.54. The van der Waals surface area contributed by atoms with Crippen LogP contribution in [-0.2, 0) is 6.18 Å². The molecule has 0 aliphatic heterocycles. The van der Waals surface area contributed by atoms with Crippen LogP contribution in [0.3, 0.4) is 0 Å². The number of alkyl halides is 5. The molecule has 0 aliphatic rings. The van der Waals surface area contributed by atoms with Crippen LogP contribution in [0.15, 0.2) is 42.5 Å². The van der Waals surface area contributed by atoms with Gasteiger partial charge in [-0.25, -0.2) is 0 Å². The Bertz CT molecular complexity index is 640. The van der Waals surface area contributed by atoms with Crippen molar-refractivity contribution in [2.45, 2.75) is 12.8 Å². The van der Waals surface area contributed by atoms with Gasteiger partial charge in [-0.2, -0.15) is 22.0 Å². The fourth-order valence-electron chi connectivity index (χ4n) is 1.86. The summed E-state index contributed by atoms with van der Waals surface area (Å²) in [6, 6.07) is 8.28. The van der Waals surface area contributed by atoms with E-state index in [-0.39, 0.29) is 21.9 Å². The number of hydrogen-bond acceptors (Lipinski definition) is 1. The first-order chi connectivity index (χ1) is 9.79. The predicted octanol–water partition coefficient (Wildman–Crippen LogP) is 5.63. The van der Waals surface area contributed by atoms with E-state index < -0.39 is 18.4 Å². The molecule has 0 radical (unpaired) electrons. The van der Waals surface area contributed by atoms with E-state index in [9.17, 15) is 22.0 Å². The minimum absolute atomic E-state index is 0.0891. The SMILES string of the molecule is FC(F)Oc1ccc(-c2ccccc2C(F)(F)F)c(Cl)c1. The Morgan fingerprint density at radius 2 is 1.62 bits per heavy atom. The van der Waals surface area contributed by atoms with Crippen LogP contribution in [0.2, 0.25) is 5.02 Å². The van der Waals surface area contributed by atoms with Crippen LogP contribution < -0.4 is 4.74 Å². The van der Waals surface area contributed by atoms with Crippen molar-refractivity contribution >= 4 is 11.6 Å². The molecule has 21 heavy (non-hydrogen) atoms. The van der Waals surface area contributed by atoms with Crippen LogP contribution in [0.4, 0.5) is 22.0 Å². The molecule has 0 bridgehead atoms. The minimum atomic E-state index is -4.54. The fraction of sp³-hybridized carbons (Fsp3) is 0.143. The monoisotopic (exact) mass is 322 g/mol. The summed E-state index contributed by atoms with van der Waals surface area (Å²) in [6.45, 7) is -3.03. The van der Waals surface area contributed by atoms with E-state index in [1.807, 2.05) is 0 Å². The van der Waals surface area contributed by atoms with Gasteiger partial charge in [-0.1, -0.05) is 29.8 Å². The number of halogens is 6. The van der Waals surface area contributed by atoms with Crippen molar-refractivity contribution in [3.63, 3.8) is 0 Å². The molecule has 2 aromatic rings. The maximum absolute atomic E-state index is 13.0. The highest BCUT2D eigenvalue weighted by Crippen LogP contribution is 2.40. The average molecular weight is 323 g/mol. The summed E-state index contributed by atoms with van der Waals surface area (Å²) in [5.74, 6) is -0.219. The second kappa shape index (κ2) is 5.89. The summed E-state index contributed by atoms with van der Waals surface area (Å²) < 4.78 is 67.2. The Morgan fingerprint density at radius 3 is 2.19 bits per heavy atom. The molecule has 0 atom stereocenters. The highest BCUT2D eigenvalue weighted by molar-refractivity contribution is 6.33. The van der Waals surface area contributed by atoms with Gasteiger partial charge in [0.2, 0.25) is 0 Å². The minimum Gasteiger partial charge on any atom is -0.435 e. The molecule has 2 rings (SSSR count). The van der Waals surface area contributed by atoms with Crippen LogP contribution in [-0.4, -0.2) is 6.61 Å². The zero-order chi connectivity index (χ0) is 15.6. The van der Waals surface area contributed by atoms with Gasteiger partial charge in [0.15, 0.2) is 0 Å². The van der Waals surface area contributed by atoms with Crippen LogP contribution in [0.5, 0.6) is 5.75 Å². The molecule has 0 N–H and O–H groups in total. The van der Waals surface area contributed by atoms with Gasteiger partial charge in [-0.05, 0) is 29.8 Å². The molecular weight excluding hydrogens is 315 g/mol. The molecular formula is C14H8ClF5O. The predicted molar refractivity (Wildman–Crippen MR) is 68.5 cm³/mol. The summed E-state index contributed by atoms with van der Waals surface area (Å²) in [5.41, 5.74) is -0.890. The van der Waals surface area contributed by atoms with Crippen LogP contribution in [0.1, 0.15) is 5.56 Å². The Morgan fingerprint density at radius 1 is 0.952 bits per heavy atom. The number of benzene rings is 2. The summed E-state index contributed by atoms with van der Waals surface area (Å²) >= 11 is 5.88. The average Bonchev–Trinajstić information content (AvgIpc) is 2.37. The van der Waals surface area contributed by atoms with Gasteiger partial charge < -0.3 is 4.74 Å². The normalized spacial score (nSPS) is 11.8. The Balaban J connectivity index is 2.48. The fourth-order valence-corrected chi connectivity index (χ4v) is 2.13. The molecule has 112 valence electrons. The molecule has 0 saturated carbocycles. The lowest BCUT2D eigenvalue weighted by molar-refractivity contribution is -0.137. The van der Waals surface area contributed by atoms with E-state index in [2.05, 4.69) is 4.74 Å². The van der Waals surface area contributed by atoms with E-state index in [1.54, 1.807) is 0 Å². The van der Waals surface area contributed by atoms with Crippen molar-refractivity contribution in [1.29, 1.82) is 0 Å². The summed E-state index contributed by atoms with van der Waals surface area (Å²) in [5, 5.41) is -0.107. The molecule has 0 unspecified atom stereocenters. The smallest absolute Gasteiger partial charge is 0.417 e. The maximum Gasteiger partial charge on any atom is 0.417 e. The molecule has 0 amide bonds. The molecule has 0 aromatic heterocycles. The molecule has 0 aliphatic carbocycles. The number of hydrogen-bond donors (Lipinski definition) is 0. The topological polar surface area (TPSA) is 9.23 Å². The lowest BCUT2D eigenvalue weighted by Crippen LogP contribution is -2.07. The van der Waals surface area contributed by atoms with Crippen molar-refractivity contribution < 1.29 is 26.7 Å². The molecule has 2 aromatic carbocycles. The third-order valence-corrected chi connectivity index (χ3v) is 3.00. The molecule has 0 saturated heterocycles. The second-order valence-corrected chi connectivity index (χ2v) is 4.47. The first kappa shape index (κ1) is 15.6. The van der Waals surface area contributed by atoms with Gasteiger partial charge in [-0.15, -0.1) is 0 Å². The highest BCUT2D eigenvalue weighted by atomic mass is 35.5. The van der Waals surface area contributed by atoms with E-state index in [1.165, 1.54) is 24.3 Å². The van der Waals surface area contributed by atoms with Gasteiger partial charge in [-0.3, -0.25) is 0 Å². The van der Waals surface area contributed by atoms with E-state index in [4.69, 9.17) is 11.6 Å². The Hall–Kier alpha value is -1.82. The van der Waals surface area contributed by atoms with Gasteiger partial charge in [0.05, 0.1) is 10.6 Å². The third-order valence-electron chi connectivity index (χ3n) is 2.69. The van der Waals surface area contributed by atoms with Crippen LogP contribution in [0, 0.1) is 0 Å². The molecule has 0 fully saturated rings. The van der Waals surface area contributed by atoms with E-state index in [0.717, 1.165) is 18.2 Å². The molecule has 0 spiro atoms. The van der Waals surface area contributed by atoms with Gasteiger partial charge in [0.25, 0.3) is 0 Å². The Labute approximate surface area is 121 Å². The third kappa shape index (κ3) is 3.64. The van der Waals surface area contributed by atoms with E-state index in [0.29, 0.717) is 0 Å². The maximum atomic E-state index is 13.0. The zero-order valence-corrected chi connectivity index (χ0v) is 11.1. The lowest BCUT2D eigenvalue weighted by atomic mass is 9.99. The summed E-state index contributed by atoms with van der Waals surface area (Å²) in [7, 11) is 0. The molecule has 1 nitrogen and oxygen atoms in total. The van der Waals surface area contributed by atoms with Crippen LogP contribution >= 0.6 is 11.6 Å². The van der Waals surface area contributed by atoms with Gasteiger partial charge in [0.1, 0.15) is 5.75 Å². The molecule has 7 heteroatoms. The van der Waals surface area contributed by atoms with E-state index >= 15 is 0 Å². The first-order valence-electron chi connectivity index (χ1n) is 5.70. The van der Waals surface area contributed by atoms with Gasteiger partial charge >= 0.3 is 12.8 Å². The first-order valence-corrected chi connectivity index (χ1v) is 6.08. The van der Waals surface area contributed by atoms with Crippen molar-refractivity contribution in [2.24, 2.45) is 0 Å². The second-order valence-electron chi connectivity index (χ2n) is 4.06. The van der Waals surface area contributed by atoms with Crippen molar-refractivity contribution in [3.05, 3.63) is 53.1 Å². The number of ether oxygens (including phenoxy) is 1. The largest absolute Gasteiger partial charge is 0.435 e. The number of rotatable bonds is 3. The highest BCUT2D eigenvalue weighted by Gasteiger charge is 2.33. The van der Waals surface area contributed by atoms with Crippen molar-refractivity contribution in [1.82, 2.24) is 0 Å². The summed E-state index contributed by atoms with van der Waals surface area (Å²) in [4.78, 5) is 0. The van der Waals surface area contributed by atoms with Crippen molar-refractivity contribution in [3.8, 4) is 16.9 Å². The van der Waals surface area contributed by atoms with Gasteiger partial charge in [0, 0.05) is 5.56 Å². The van der Waals surface area contributed by atoms with Crippen LogP contribution in [0.25, 0.3) is 11.1 Å².